The lowest BCUT2D eigenvalue weighted by Gasteiger charge is -2.40. The van der Waals surface area contributed by atoms with E-state index in [1.54, 1.807) is 36.4 Å². The van der Waals surface area contributed by atoms with Crippen LogP contribution < -0.4 is 10.6 Å². The van der Waals surface area contributed by atoms with Crippen molar-refractivity contribution in [3.63, 3.8) is 0 Å². The molecule has 0 saturated carbocycles. The number of fused-ring (bicyclic) bond motifs is 3. The molecular formula is C37H33F6N3O2. The molecule has 2 N–H and O–H groups in total. The lowest BCUT2D eigenvalue weighted by molar-refractivity contribution is -0.141. The fourth-order valence-electron chi connectivity index (χ4n) is 6.89. The number of alkyl halides is 6. The number of nitrogens with one attached hydrogen (secondary N) is 2. The van der Waals surface area contributed by atoms with Crippen molar-refractivity contribution in [2.75, 3.05) is 26.2 Å². The second kappa shape index (κ2) is 13.1. The molecular weight excluding hydrogens is 632 g/mol. The van der Waals surface area contributed by atoms with E-state index >= 15 is 0 Å². The normalized spacial score (nSPS) is 15.7. The van der Waals surface area contributed by atoms with E-state index in [4.69, 9.17) is 0 Å². The van der Waals surface area contributed by atoms with Crippen LogP contribution in [0.5, 0.6) is 0 Å². The lowest BCUT2D eigenvalue weighted by Crippen LogP contribution is -2.59. The summed E-state index contributed by atoms with van der Waals surface area (Å²) in [5, 5.41) is 5.17. The van der Waals surface area contributed by atoms with Gasteiger partial charge < -0.3 is 10.6 Å². The number of halogens is 6. The maximum atomic E-state index is 13.7. The van der Waals surface area contributed by atoms with Crippen molar-refractivity contribution in [1.82, 2.24) is 15.5 Å². The van der Waals surface area contributed by atoms with Gasteiger partial charge in [-0.1, -0.05) is 85.3 Å². The number of nitrogens with zero attached hydrogens (tertiary/aromatic N) is 1. The molecule has 0 bridgehead atoms. The van der Waals surface area contributed by atoms with Gasteiger partial charge in [0.05, 0.1) is 11.6 Å². The number of hydrogen-bond acceptors (Lipinski definition) is 3. The molecule has 1 saturated heterocycles. The second-order valence-electron chi connectivity index (χ2n) is 12.3. The van der Waals surface area contributed by atoms with Crippen LogP contribution in [0.15, 0.2) is 97.1 Å². The zero-order valence-corrected chi connectivity index (χ0v) is 25.8. The van der Waals surface area contributed by atoms with Crippen LogP contribution in [0.25, 0.3) is 22.3 Å². The molecule has 2 amide bonds. The van der Waals surface area contributed by atoms with Gasteiger partial charge in [0.25, 0.3) is 5.91 Å². The minimum atomic E-state index is -4.54. The summed E-state index contributed by atoms with van der Waals surface area (Å²) in [6, 6.07) is 26.1. The maximum Gasteiger partial charge on any atom is 0.416 e. The van der Waals surface area contributed by atoms with Crippen molar-refractivity contribution < 1.29 is 35.9 Å². The predicted octanol–water partition coefficient (Wildman–Crippen LogP) is 7.60. The number of amides is 2. The number of rotatable bonds is 10. The molecule has 2 aliphatic rings. The Kier molecular flexibility index (Phi) is 9.08. The molecule has 5 nitrogen and oxygen atoms in total. The van der Waals surface area contributed by atoms with E-state index in [9.17, 15) is 35.9 Å². The second-order valence-corrected chi connectivity index (χ2v) is 12.3. The Morgan fingerprint density at radius 2 is 1.29 bits per heavy atom. The van der Waals surface area contributed by atoms with E-state index in [-0.39, 0.29) is 11.9 Å². The summed E-state index contributed by atoms with van der Waals surface area (Å²) in [7, 11) is 0. The SMILES string of the molecule is O=C(NC1CN(CCCCC2(C(=O)NCC(F)(F)F)c3ccccc3-c3ccccc32)C1)c1ccccc1-c1ccc(C(F)(F)F)cc1. The van der Waals surface area contributed by atoms with Crippen LogP contribution in [-0.4, -0.2) is 55.1 Å². The lowest BCUT2D eigenvalue weighted by atomic mass is 9.73. The first-order chi connectivity index (χ1) is 22.9. The van der Waals surface area contributed by atoms with Gasteiger partial charge in [-0.25, -0.2) is 0 Å². The van der Waals surface area contributed by atoms with Gasteiger partial charge in [-0.3, -0.25) is 14.5 Å². The Balaban J connectivity index is 1.06. The predicted molar refractivity (Wildman–Crippen MR) is 170 cm³/mol. The molecule has 1 aliphatic heterocycles. The topological polar surface area (TPSA) is 61.4 Å². The third-order valence-corrected chi connectivity index (χ3v) is 9.16. The Bertz CT molecular complexity index is 1750. The maximum absolute atomic E-state index is 13.7. The zero-order valence-electron chi connectivity index (χ0n) is 25.8. The molecule has 0 radical (unpaired) electrons. The highest BCUT2D eigenvalue weighted by Crippen LogP contribution is 2.51. The average Bonchev–Trinajstić information content (AvgIpc) is 3.34. The van der Waals surface area contributed by atoms with E-state index in [0.717, 1.165) is 23.3 Å². The summed E-state index contributed by atoms with van der Waals surface area (Å²) in [6.07, 6.45) is -7.39. The monoisotopic (exact) mass is 665 g/mol. The molecule has 1 heterocycles. The molecule has 6 rings (SSSR count). The molecule has 0 spiro atoms. The van der Waals surface area contributed by atoms with Crippen LogP contribution in [0.4, 0.5) is 26.3 Å². The quantitative estimate of drug-likeness (QED) is 0.136. The van der Waals surface area contributed by atoms with Crippen LogP contribution >= 0.6 is 0 Å². The molecule has 48 heavy (non-hydrogen) atoms. The van der Waals surface area contributed by atoms with Gasteiger partial charge in [-0.2, -0.15) is 26.3 Å². The number of carbonyl (C=O) groups excluding carboxylic acids is 2. The number of unbranched alkanes of at least 4 members (excludes halogenated alkanes) is 1. The van der Waals surface area contributed by atoms with Crippen molar-refractivity contribution in [2.24, 2.45) is 0 Å². The Morgan fingerprint density at radius 3 is 1.88 bits per heavy atom. The third-order valence-electron chi connectivity index (χ3n) is 9.16. The summed E-state index contributed by atoms with van der Waals surface area (Å²) >= 11 is 0. The smallest absolute Gasteiger partial charge is 0.347 e. The first-order valence-corrected chi connectivity index (χ1v) is 15.7. The summed E-state index contributed by atoms with van der Waals surface area (Å²) in [5.41, 5.74) is 2.48. The van der Waals surface area contributed by atoms with E-state index in [0.29, 0.717) is 66.7 Å². The zero-order chi connectivity index (χ0) is 34.1. The molecule has 4 aromatic carbocycles. The van der Waals surface area contributed by atoms with Crippen LogP contribution in [0, 0.1) is 0 Å². The fraction of sp³-hybridized carbons (Fsp3) is 0.297. The van der Waals surface area contributed by atoms with Gasteiger partial charge in [0.1, 0.15) is 12.0 Å². The molecule has 0 unspecified atom stereocenters. The molecule has 0 atom stereocenters. The third kappa shape index (κ3) is 6.69. The number of hydrogen-bond donors (Lipinski definition) is 2. The van der Waals surface area contributed by atoms with E-state index < -0.39 is 35.8 Å². The number of benzene rings is 4. The van der Waals surface area contributed by atoms with Gasteiger partial charge >= 0.3 is 12.4 Å². The van der Waals surface area contributed by atoms with Crippen LogP contribution in [0.2, 0.25) is 0 Å². The minimum Gasteiger partial charge on any atom is -0.347 e. The average molecular weight is 666 g/mol. The molecule has 1 fully saturated rings. The van der Waals surface area contributed by atoms with Gasteiger partial charge in [-0.05, 0) is 71.0 Å². The summed E-state index contributed by atoms with van der Waals surface area (Å²) < 4.78 is 78.5. The van der Waals surface area contributed by atoms with E-state index in [1.165, 1.54) is 12.1 Å². The van der Waals surface area contributed by atoms with Crippen LogP contribution in [0.3, 0.4) is 0 Å². The molecule has 250 valence electrons. The highest BCUT2D eigenvalue weighted by Gasteiger charge is 2.49. The number of likely N-dealkylation sites (tertiary alicyclic amines) is 1. The Morgan fingerprint density at radius 1 is 0.729 bits per heavy atom. The minimum absolute atomic E-state index is 0.119. The molecule has 4 aromatic rings. The fourth-order valence-corrected chi connectivity index (χ4v) is 6.89. The summed E-state index contributed by atoms with van der Waals surface area (Å²) in [6.45, 7) is 0.458. The van der Waals surface area contributed by atoms with Gasteiger partial charge in [0, 0.05) is 18.7 Å². The standard InChI is InChI=1S/C37H33F6N3O2/c38-36(39,40)23-44-34(48)35(31-13-5-3-10-28(31)29-11-4-6-14-32(29)35)19-7-8-20-46-21-26(22-46)45-33(47)30-12-2-1-9-27(30)24-15-17-25(18-16-24)37(41,42)43/h1-6,9-18,26H,7-8,19-23H2,(H,44,48)(H,45,47). The van der Waals surface area contributed by atoms with Crippen molar-refractivity contribution in [3.05, 3.63) is 119 Å². The van der Waals surface area contributed by atoms with Crippen molar-refractivity contribution >= 4 is 11.8 Å². The molecule has 1 aliphatic carbocycles. The first-order valence-electron chi connectivity index (χ1n) is 15.7. The van der Waals surface area contributed by atoms with Gasteiger partial charge in [-0.15, -0.1) is 0 Å². The van der Waals surface area contributed by atoms with E-state index in [1.807, 2.05) is 36.4 Å². The van der Waals surface area contributed by atoms with Gasteiger partial charge in [0.2, 0.25) is 5.91 Å². The largest absolute Gasteiger partial charge is 0.416 e. The van der Waals surface area contributed by atoms with Crippen molar-refractivity contribution in [3.8, 4) is 22.3 Å². The summed E-state index contributed by atoms with van der Waals surface area (Å²) in [5.74, 6) is -0.985. The summed E-state index contributed by atoms with van der Waals surface area (Å²) in [4.78, 5) is 29.0. The highest BCUT2D eigenvalue weighted by atomic mass is 19.4. The molecule has 0 aromatic heterocycles. The van der Waals surface area contributed by atoms with Gasteiger partial charge in [0.15, 0.2) is 0 Å². The van der Waals surface area contributed by atoms with Crippen molar-refractivity contribution in [2.45, 2.75) is 43.1 Å². The highest BCUT2D eigenvalue weighted by molar-refractivity contribution is 6.01. The van der Waals surface area contributed by atoms with Crippen molar-refractivity contribution in [1.29, 1.82) is 0 Å². The number of carbonyl (C=O) groups is 2. The van der Waals surface area contributed by atoms with Crippen LogP contribution in [0.1, 0.15) is 46.3 Å². The van der Waals surface area contributed by atoms with E-state index in [2.05, 4.69) is 15.5 Å². The van der Waals surface area contributed by atoms with Crippen LogP contribution in [-0.2, 0) is 16.4 Å². The molecule has 11 heteroatoms. The Labute approximate surface area is 274 Å². The Hall–Kier alpha value is -4.64. The first kappa shape index (κ1) is 33.3.